The molecule has 0 spiro atoms. The lowest BCUT2D eigenvalue weighted by Gasteiger charge is -2.42. The number of amides is 3. The number of β-amino-alcohol motifs (C(OH)–C–C–N with tert-alkyl or cyclic N) is 1. The number of hydrogen-bond donors (Lipinski definition) is 2. The third kappa shape index (κ3) is 9.39. The first-order valence-corrected chi connectivity index (χ1v) is 19.7. The van der Waals surface area contributed by atoms with Gasteiger partial charge in [0.25, 0.3) is 5.88 Å². The molecule has 0 saturated carbocycles. The summed E-state index contributed by atoms with van der Waals surface area (Å²) in [5.74, 6) is -0.251. The smallest absolute Gasteiger partial charge is 0.410 e. The highest BCUT2D eigenvalue weighted by molar-refractivity contribution is 7.13. The fourth-order valence-electron chi connectivity index (χ4n) is 7.50. The van der Waals surface area contributed by atoms with Crippen molar-refractivity contribution in [2.75, 3.05) is 39.3 Å². The van der Waals surface area contributed by atoms with Crippen LogP contribution in [0.2, 0.25) is 0 Å². The van der Waals surface area contributed by atoms with E-state index in [1.807, 2.05) is 78.2 Å². The van der Waals surface area contributed by atoms with Crippen molar-refractivity contribution >= 4 is 29.2 Å². The number of thiazole rings is 1. The van der Waals surface area contributed by atoms with E-state index in [1.165, 1.54) is 4.90 Å². The zero-order valence-corrected chi connectivity index (χ0v) is 32.7. The van der Waals surface area contributed by atoms with Crippen molar-refractivity contribution < 1.29 is 33.5 Å². The van der Waals surface area contributed by atoms with Crippen molar-refractivity contribution in [3.8, 4) is 16.3 Å². The number of nitrogens with one attached hydrogen (secondary N) is 1. The predicted molar refractivity (Wildman–Crippen MR) is 200 cm³/mol. The van der Waals surface area contributed by atoms with Gasteiger partial charge in [0.1, 0.15) is 23.7 Å². The van der Waals surface area contributed by atoms with Crippen molar-refractivity contribution in [1.82, 2.24) is 30.2 Å². The SMILES string of the molecule is Cc1ncsc1-c1ccc([C@H](C)NC(=O)[C@@H]2C[C@@H](O)CN2C(=O)[C@@H](c2cc(OC3CN(CC4CCN(C(=O)OC(C)(C)C)CC4)C3)no2)C(C)C)cc1. The van der Waals surface area contributed by atoms with Gasteiger partial charge in [-0.1, -0.05) is 38.1 Å². The molecule has 5 heterocycles. The highest BCUT2D eigenvalue weighted by Gasteiger charge is 2.44. The average molecular weight is 751 g/mol. The Balaban J connectivity index is 0.996. The summed E-state index contributed by atoms with van der Waals surface area (Å²) in [5, 5.41) is 17.8. The van der Waals surface area contributed by atoms with Crippen molar-refractivity contribution in [2.24, 2.45) is 11.8 Å². The summed E-state index contributed by atoms with van der Waals surface area (Å²) in [4.78, 5) is 51.2. The van der Waals surface area contributed by atoms with Crippen LogP contribution in [-0.4, -0.2) is 111 Å². The summed E-state index contributed by atoms with van der Waals surface area (Å²) >= 11 is 1.59. The average Bonchev–Trinajstić information content (AvgIpc) is 3.83. The third-order valence-corrected chi connectivity index (χ3v) is 11.4. The number of rotatable bonds is 11. The first-order valence-electron chi connectivity index (χ1n) is 18.8. The van der Waals surface area contributed by atoms with Crippen LogP contribution >= 0.6 is 11.3 Å². The van der Waals surface area contributed by atoms with Gasteiger partial charge in [-0.2, -0.15) is 0 Å². The fourth-order valence-corrected chi connectivity index (χ4v) is 8.31. The van der Waals surface area contributed by atoms with Crippen LogP contribution in [0.15, 0.2) is 40.4 Å². The molecule has 0 aliphatic carbocycles. The molecule has 0 unspecified atom stereocenters. The van der Waals surface area contributed by atoms with E-state index >= 15 is 0 Å². The summed E-state index contributed by atoms with van der Waals surface area (Å²) in [6, 6.07) is 8.59. The van der Waals surface area contributed by atoms with Crippen LogP contribution < -0.4 is 10.1 Å². The largest absolute Gasteiger partial charge is 0.469 e. The van der Waals surface area contributed by atoms with Crippen LogP contribution in [0, 0.1) is 18.8 Å². The first kappa shape index (κ1) is 38.7. The number of aromatic nitrogens is 2. The molecule has 13 nitrogen and oxygen atoms in total. The van der Waals surface area contributed by atoms with E-state index in [0.717, 1.165) is 54.2 Å². The summed E-state index contributed by atoms with van der Waals surface area (Å²) in [6.45, 7) is 17.3. The van der Waals surface area contributed by atoms with Gasteiger partial charge >= 0.3 is 6.09 Å². The molecule has 3 aromatic rings. The Morgan fingerprint density at radius 1 is 1.08 bits per heavy atom. The van der Waals surface area contributed by atoms with E-state index in [2.05, 4.69) is 20.4 Å². The fraction of sp³-hybridized carbons (Fsp3) is 0.615. The van der Waals surface area contributed by atoms with Crippen LogP contribution in [0.1, 0.15) is 89.8 Å². The lowest BCUT2D eigenvalue weighted by molar-refractivity contribution is -0.141. The number of hydrogen-bond acceptors (Lipinski definition) is 11. The zero-order valence-electron chi connectivity index (χ0n) is 31.9. The number of nitrogens with zero attached hydrogens (tertiary/aromatic N) is 5. The van der Waals surface area contributed by atoms with Gasteiger partial charge in [-0.05, 0) is 75.6 Å². The Kier molecular flexibility index (Phi) is 11.8. The van der Waals surface area contributed by atoms with Crippen molar-refractivity contribution in [3.63, 3.8) is 0 Å². The normalized spacial score (nSPS) is 21.4. The van der Waals surface area contributed by atoms with Gasteiger partial charge in [0.2, 0.25) is 11.8 Å². The molecule has 53 heavy (non-hydrogen) atoms. The molecule has 3 saturated heterocycles. The molecule has 2 aromatic heterocycles. The molecule has 0 bridgehead atoms. The van der Waals surface area contributed by atoms with Gasteiger partial charge < -0.3 is 34.2 Å². The molecule has 3 fully saturated rings. The standard InChI is InChI=1S/C39H54N6O7S/c1-23(2)34(32-17-33(42-52-32)50-30-20-43(21-30)18-26-12-14-44(15-13-26)38(49)51-39(5,6)7)37(48)45-19-29(46)16-31(45)36(47)41-24(3)27-8-10-28(11-9-27)35-25(4)40-22-53-35/h8-11,17,22-24,26,29-31,34,46H,12-16,18-21H2,1-7H3,(H,41,47)/t24-,29+,31-,34+/m0/s1. The second-order valence-electron chi connectivity index (χ2n) is 16.2. The van der Waals surface area contributed by atoms with Gasteiger partial charge in [0, 0.05) is 51.8 Å². The molecule has 1 aromatic carbocycles. The van der Waals surface area contributed by atoms with Gasteiger partial charge in [0.15, 0.2) is 5.76 Å². The Labute approximate surface area is 316 Å². The van der Waals surface area contributed by atoms with Gasteiger partial charge in [-0.3, -0.25) is 14.5 Å². The van der Waals surface area contributed by atoms with E-state index in [9.17, 15) is 19.5 Å². The predicted octanol–water partition coefficient (Wildman–Crippen LogP) is 5.40. The molecule has 6 rings (SSSR count). The second-order valence-corrected chi connectivity index (χ2v) is 17.0. The van der Waals surface area contributed by atoms with Crippen molar-refractivity contribution in [3.05, 3.63) is 52.9 Å². The number of aryl methyl sites for hydroxylation is 1. The lowest BCUT2D eigenvalue weighted by atomic mass is 9.91. The Morgan fingerprint density at radius 3 is 2.40 bits per heavy atom. The molecular weight excluding hydrogens is 697 g/mol. The summed E-state index contributed by atoms with van der Waals surface area (Å²) in [5.41, 5.74) is 4.32. The van der Waals surface area contributed by atoms with E-state index in [4.69, 9.17) is 14.0 Å². The minimum atomic E-state index is -0.815. The van der Waals surface area contributed by atoms with Crippen molar-refractivity contribution in [2.45, 2.75) is 104 Å². The summed E-state index contributed by atoms with van der Waals surface area (Å²) in [6.07, 6.45) is 0.944. The Hall–Kier alpha value is -4.01. The van der Waals surface area contributed by atoms with E-state index in [0.29, 0.717) is 30.6 Å². The molecule has 4 atom stereocenters. The van der Waals surface area contributed by atoms with Crippen molar-refractivity contribution in [1.29, 1.82) is 0 Å². The lowest BCUT2D eigenvalue weighted by Crippen LogP contribution is -2.55. The van der Waals surface area contributed by atoms with Crippen LogP contribution in [-0.2, 0) is 14.3 Å². The minimum Gasteiger partial charge on any atom is -0.469 e. The quantitative estimate of drug-likeness (QED) is 0.261. The molecule has 3 aliphatic rings. The molecule has 14 heteroatoms. The van der Waals surface area contributed by atoms with E-state index in [1.54, 1.807) is 22.3 Å². The molecule has 0 radical (unpaired) electrons. The molecule has 3 aliphatic heterocycles. The first-order chi connectivity index (χ1) is 25.1. The zero-order chi connectivity index (χ0) is 38.0. The molecule has 288 valence electrons. The highest BCUT2D eigenvalue weighted by atomic mass is 32.1. The maximum atomic E-state index is 14.1. The van der Waals surface area contributed by atoms with Crippen LogP contribution in [0.5, 0.6) is 5.88 Å². The monoisotopic (exact) mass is 750 g/mol. The maximum Gasteiger partial charge on any atom is 0.410 e. The van der Waals surface area contributed by atoms with Gasteiger partial charge in [-0.25, -0.2) is 9.78 Å². The Morgan fingerprint density at radius 2 is 1.77 bits per heavy atom. The summed E-state index contributed by atoms with van der Waals surface area (Å²) in [7, 11) is 0. The number of benzene rings is 1. The number of carbonyl (C=O) groups excluding carboxylic acids is 3. The maximum absolute atomic E-state index is 14.1. The highest BCUT2D eigenvalue weighted by Crippen LogP contribution is 2.34. The van der Waals surface area contributed by atoms with E-state index in [-0.39, 0.29) is 48.9 Å². The third-order valence-electron chi connectivity index (χ3n) is 10.4. The number of aliphatic hydroxyl groups excluding tert-OH is 1. The van der Waals surface area contributed by atoms with Crippen LogP contribution in [0.3, 0.4) is 0 Å². The molecule has 3 amide bonds. The number of piperidine rings is 1. The minimum absolute atomic E-state index is 0.0418. The van der Waals surface area contributed by atoms with Crippen LogP contribution in [0.25, 0.3) is 10.4 Å². The van der Waals surface area contributed by atoms with Gasteiger partial charge in [0.05, 0.1) is 28.2 Å². The molecule has 2 N–H and O–H groups in total. The number of aliphatic hydroxyl groups is 1. The number of ether oxygens (including phenoxy) is 2. The molecular formula is C39H54N6O7S. The summed E-state index contributed by atoms with van der Waals surface area (Å²) < 4.78 is 17.3. The number of carbonyl (C=O) groups is 3. The second kappa shape index (κ2) is 16.2. The Bertz CT molecular complexity index is 1720. The van der Waals surface area contributed by atoms with Gasteiger partial charge in [-0.15, -0.1) is 11.3 Å². The van der Waals surface area contributed by atoms with E-state index < -0.39 is 23.7 Å². The topological polar surface area (TPSA) is 151 Å². The number of likely N-dealkylation sites (tertiary alicyclic amines) is 3. The van der Waals surface area contributed by atoms with Crippen LogP contribution in [0.4, 0.5) is 4.79 Å².